The third-order valence-corrected chi connectivity index (χ3v) is 6.74. The van der Waals surface area contributed by atoms with Crippen molar-refractivity contribution in [3.05, 3.63) is 52.2 Å². The Labute approximate surface area is 159 Å². The average molecular weight is 371 g/mol. The minimum absolute atomic E-state index is 0.0691. The van der Waals surface area contributed by atoms with Crippen LogP contribution < -0.4 is 15.5 Å². The number of hydrogen-bond acceptors (Lipinski definition) is 2. The number of quaternary nitrogens is 1. The zero-order valence-electron chi connectivity index (χ0n) is 15.3. The Hall–Kier alpha value is -1.85. The molecule has 2 aliphatic heterocycles. The van der Waals surface area contributed by atoms with E-state index < -0.39 is 0 Å². The van der Waals surface area contributed by atoms with E-state index >= 15 is 0 Å². The number of amides is 2. The Morgan fingerprint density at radius 2 is 2.00 bits per heavy atom. The smallest absolute Gasteiger partial charge is 0.319 e. The summed E-state index contributed by atoms with van der Waals surface area (Å²) in [6.45, 7) is 3.19. The van der Waals surface area contributed by atoms with Crippen molar-refractivity contribution in [2.75, 3.05) is 5.32 Å². The lowest BCUT2D eigenvalue weighted by molar-refractivity contribution is -0.973. The quantitative estimate of drug-likeness (QED) is 0.759. The van der Waals surface area contributed by atoms with E-state index in [4.69, 9.17) is 0 Å². The van der Waals surface area contributed by atoms with Crippen LogP contribution in [0.25, 0.3) is 0 Å². The fourth-order valence-electron chi connectivity index (χ4n) is 4.73. The molecule has 3 N–H and O–H groups in total. The summed E-state index contributed by atoms with van der Waals surface area (Å²) in [7, 11) is 0. The van der Waals surface area contributed by atoms with Crippen molar-refractivity contribution in [2.45, 2.75) is 63.7 Å². The van der Waals surface area contributed by atoms with Crippen LogP contribution in [0.15, 0.2) is 41.8 Å². The molecule has 2 aromatic rings. The van der Waals surface area contributed by atoms with E-state index in [9.17, 15) is 4.79 Å². The molecule has 2 unspecified atom stereocenters. The van der Waals surface area contributed by atoms with Gasteiger partial charge < -0.3 is 15.5 Å². The van der Waals surface area contributed by atoms with E-state index in [0.717, 1.165) is 30.6 Å². The number of anilines is 1. The van der Waals surface area contributed by atoms with Gasteiger partial charge in [0.25, 0.3) is 0 Å². The molecule has 0 radical (unpaired) electrons. The van der Waals surface area contributed by atoms with Gasteiger partial charge in [0.2, 0.25) is 0 Å². The standard InChI is InChI=1S/C21H27N3OS/c1-15-5-2-6-16(11-15)22-21(25)23-17-12-18-7-3-8-19(13-17)24(18)14-20-9-4-10-26-20/h2,4-6,9-11,17-19H,3,7-8,12-14H2,1H3,(H2,22,23,25)/p+1/t17?,18-,19+. The van der Waals surface area contributed by atoms with E-state index in [-0.39, 0.29) is 6.03 Å². The lowest BCUT2D eigenvalue weighted by Crippen LogP contribution is -3.20. The summed E-state index contributed by atoms with van der Waals surface area (Å²) < 4.78 is 0. The van der Waals surface area contributed by atoms with E-state index in [2.05, 4.69) is 28.1 Å². The molecular formula is C21H28N3OS+. The van der Waals surface area contributed by atoms with Crippen molar-refractivity contribution in [3.63, 3.8) is 0 Å². The third-order valence-electron chi connectivity index (χ3n) is 5.86. The number of carbonyl (C=O) groups is 1. The molecule has 2 saturated heterocycles. The minimum atomic E-state index is -0.0691. The predicted octanol–water partition coefficient (Wildman–Crippen LogP) is 3.35. The molecule has 4 atom stereocenters. The Morgan fingerprint density at radius 3 is 2.69 bits per heavy atom. The van der Waals surface area contributed by atoms with Crippen LogP contribution >= 0.6 is 11.3 Å². The number of fused-ring (bicyclic) bond motifs is 2. The first-order valence-electron chi connectivity index (χ1n) is 9.69. The maximum Gasteiger partial charge on any atom is 0.319 e. The molecule has 26 heavy (non-hydrogen) atoms. The highest BCUT2D eigenvalue weighted by molar-refractivity contribution is 7.09. The third kappa shape index (κ3) is 4.10. The van der Waals surface area contributed by atoms with Gasteiger partial charge in [-0.05, 0) is 55.3 Å². The number of piperidine rings is 2. The number of urea groups is 1. The Morgan fingerprint density at radius 1 is 1.19 bits per heavy atom. The van der Waals surface area contributed by atoms with Crippen LogP contribution in [0.2, 0.25) is 0 Å². The number of hydrogen-bond donors (Lipinski definition) is 3. The van der Waals surface area contributed by atoms with Gasteiger partial charge in [0, 0.05) is 24.6 Å². The van der Waals surface area contributed by atoms with Crippen molar-refractivity contribution in [1.29, 1.82) is 0 Å². The van der Waals surface area contributed by atoms with Gasteiger partial charge in [0.15, 0.2) is 0 Å². The monoisotopic (exact) mass is 370 g/mol. The van der Waals surface area contributed by atoms with Gasteiger partial charge in [-0.25, -0.2) is 4.79 Å². The molecule has 138 valence electrons. The van der Waals surface area contributed by atoms with Crippen molar-refractivity contribution in [1.82, 2.24) is 5.32 Å². The summed E-state index contributed by atoms with van der Waals surface area (Å²) in [5.74, 6) is 0. The SMILES string of the molecule is Cc1cccc(NC(=O)NC2C[C@H]3CCC[C@@H](C2)[NH+]3Cc2cccs2)c1. The van der Waals surface area contributed by atoms with Crippen LogP contribution in [-0.2, 0) is 6.54 Å². The van der Waals surface area contributed by atoms with E-state index in [1.807, 2.05) is 42.5 Å². The number of thiophene rings is 1. The zero-order valence-corrected chi connectivity index (χ0v) is 16.1. The number of benzene rings is 1. The normalized spacial score (nSPS) is 27.7. The van der Waals surface area contributed by atoms with E-state index in [0.29, 0.717) is 18.1 Å². The summed E-state index contributed by atoms with van der Waals surface area (Å²) in [6.07, 6.45) is 6.10. The van der Waals surface area contributed by atoms with Crippen LogP contribution in [0.1, 0.15) is 42.5 Å². The second-order valence-electron chi connectivity index (χ2n) is 7.79. The van der Waals surface area contributed by atoms with Crippen LogP contribution in [0.4, 0.5) is 10.5 Å². The highest BCUT2D eigenvalue weighted by Gasteiger charge is 2.42. The largest absolute Gasteiger partial charge is 0.335 e. The molecule has 0 aliphatic carbocycles. The second kappa shape index (κ2) is 7.80. The number of nitrogens with one attached hydrogen (secondary N) is 3. The zero-order chi connectivity index (χ0) is 17.9. The number of rotatable bonds is 4. The first-order chi connectivity index (χ1) is 12.7. The first-order valence-corrected chi connectivity index (χ1v) is 10.6. The van der Waals surface area contributed by atoms with Gasteiger partial charge in [-0.15, -0.1) is 11.3 Å². The lowest BCUT2D eigenvalue weighted by Gasteiger charge is -2.45. The highest BCUT2D eigenvalue weighted by Crippen LogP contribution is 2.23. The molecule has 3 heterocycles. The summed E-state index contributed by atoms with van der Waals surface area (Å²) in [6, 6.07) is 13.9. The number of aryl methyl sites for hydroxylation is 1. The van der Waals surface area contributed by atoms with E-state index in [1.54, 1.807) is 4.90 Å². The molecular weight excluding hydrogens is 342 g/mol. The molecule has 2 fully saturated rings. The topological polar surface area (TPSA) is 45.6 Å². The fourth-order valence-corrected chi connectivity index (χ4v) is 5.47. The van der Waals surface area contributed by atoms with Crippen LogP contribution in [-0.4, -0.2) is 24.2 Å². The van der Waals surface area contributed by atoms with Gasteiger partial charge in [0.05, 0.1) is 17.0 Å². The fraction of sp³-hybridized carbons (Fsp3) is 0.476. The van der Waals surface area contributed by atoms with Gasteiger partial charge in [-0.3, -0.25) is 0 Å². The summed E-state index contributed by atoms with van der Waals surface area (Å²) in [4.78, 5) is 15.7. The van der Waals surface area contributed by atoms with Crippen molar-refractivity contribution >= 4 is 23.1 Å². The molecule has 4 rings (SSSR count). The van der Waals surface area contributed by atoms with Gasteiger partial charge >= 0.3 is 6.03 Å². The molecule has 1 aromatic heterocycles. The highest BCUT2D eigenvalue weighted by atomic mass is 32.1. The van der Waals surface area contributed by atoms with Crippen molar-refractivity contribution < 1.29 is 9.69 Å². The van der Waals surface area contributed by atoms with Crippen LogP contribution in [0.3, 0.4) is 0 Å². The average Bonchev–Trinajstić information content (AvgIpc) is 3.08. The molecule has 2 aliphatic rings. The molecule has 0 spiro atoms. The Balaban J connectivity index is 1.35. The van der Waals surface area contributed by atoms with Gasteiger partial charge in [-0.2, -0.15) is 0 Å². The second-order valence-corrected chi connectivity index (χ2v) is 8.82. The summed E-state index contributed by atoms with van der Waals surface area (Å²) >= 11 is 1.87. The predicted molar refractivity (Wildman–Crippen MR) is 107 cm³/mol. The summed E-state index contributed by atoms with van der Waals surface area (Å²) in [5, 5.41) is 8.40. The molecule has 2 bridgehead atoms. The molecule has 2 amide bonds. The minimum Gasteiger partial charge on any atom is -0.335 e. The Kier molecular flexibility index (Phi) is 5.27. The van der Waals surface area contributed by atoms with Crippen molar-refractivity contribution in [3.8, 4) is 0 Å². The molecule has 5 heteroatoms. The first kappa shape index (κ1) is 17.6. The Bertz CT molecular complexity index is 731. The van der Waals surface area contributed by atoms with Crippen molar-refractivity contribution in [2.24, 2.45) is 0 Å². The molecule has 0 saturated carbocycles. The summed E-state index contributed by atoms with van der Waals surface area (Å²) in [5.41, 5.74) is 2.02. The molecule has 4 nitrogen and oxygen atoms in total. The van der Waals surface area contributed by atoms with Crippen LogP contribution in [0, 0.1) is 6.92 Å². The maximum absolute atomic E-state index is 12.4. The maximum atomic E-state index is 12.4. The lowest BCUT2D eigenvalue weighted by atomic mass is 9.81. The van der Waals surface area contributed by atoms with E-state index in [1.165, 1.54) is 24.1 Å². The van der Waals surface area contributed by atoms with Gasteiger partial charge in [0.1, 0.15) is 6.54 Å². The van der Waals surface area contributed by atoms with Gasteiger partial charge in [-0.1, -0.05) is 18.2 Å². The molecule has 1 aromatic carbocycles. The number of carbonyl (C=O) groups excluding carboxylic acids is 1. The van der Waals surface area contributed by atoms with Crippen LogP contribution in [0.5, 0.6) is 0 Å².